The van der Waals surface area contributed by atoms with Gasteiger partial charge in [-0.3, -0.25) is 9.59 Å². The number of hydrogen-bond donors (Lipinski definition) is 2. The van der Waals surface area contributed by atoms with E-state index in [0.717, 1.165) is 12.8 Å². The molecule has 0 unspecified atom stereocenters. The molecule has 4 nitrogen and oxygen atoms in total. The topological polar surface area (TPSA) is 66.4 Å². The number of carbonyl (C=O) groups is 2. The summed E-state index contributed by atoms with van der Waals surface area (Å²) in [7, 11) is 0. The van der Waals surface area contributed by atoms with E-state index in [1.165, 1.54) is 29.7 Å². The van der Waals surface area contributed by atoms with Crippen molar-refractivity contribution in [1.82, 2.24) is 5.32 Å². The lowest BCUT2D eigenvalue weighted by atomic mass is 9.94. The number of aryl methyl sites for hydroxylation is 2. The standard InChI is InChI=1S/C15H21NO3S/c1-15(2,14(18)19)9-16-13(17)12-8-10-6-4-3-5-7-11(10)20-12/h8H,3-7,9H2,1-2H3,(H,16,17)(H,18,19). The van der Waals surface area contributed by atoms with Gasteiger partial charge >= 0.3 is 5.97 Å². The molecule has 1 heterocycles. The van der Waals surface area contributed by atoms with Crippen LogP contribution in [-0.4, -0.2) is 23.5 Å². The molecule has 0 saturated carbocycles. The van der Waals surface area contributed by atoms with Crippen LogP contribution >= 0.6 is 11.3 Å². The molecular formula is C15H21NO3S. The smallest absolute Gasteiger partial charge is 0.310 e. The molecule has 1 aromatic rings. The molecule has 2 rings (SSSR count). The Morgan fingerprint density at radius 1 is 1.30 bits per heavy atom. The summed E-state index contributed by atoms with van der Waals surface area (Å²) >= 11 is 1.56. The monoisotopic (exact) mass is 295 g/mol. The predicted molar refractivity (Wildman–Crippen MR) is 79.3 cm³/mol. The first-order valence-electron chi connectivity index (χ1n) is 7.03. The summed E-state index contributed by atoms with van der Waals surface area (Å²) in [6.45, 7) is 3.36. The van der Waals surface area contributed by atoms with Crippen LogP contribution in [0.5, 0.6) is 0 Å². The minimum atomic E-state index is -0.940. The van der Waals surface area contributed by atoms with E-state index < -0.39 is 11.4 Å². The first-order valence-corrected chi connectivity index (χ1v) is 7.85. The SMILES string of the molecule is CC(C)(CNC(=O)c1cc2c(s1)CCCCC2)C(=O)O. The molecule has 0 aliphatic heterocycles. The number of thiophene rings is 1. The fourth-order valence-corrected chi connectivity index (χ4v) is 3.41. The summed E-state index contributed by atoms with van der Waals surface area (Å²) < 4.78 is 0. The second-order valence-electron chi connectivity index (χ2n) is 5.99. The molecular weight excluding hydrogens is 274 g/mol. The third-order valence-electron chi connectivity index (χ3n) is 3.74. The Kier molecular flexibility index (Phi) is 4.48. The van der Waals surface area contributed by atoms with Crippen LogP contribution in [-0.2, 0) is 17.6 Å². The zero-order valence-electron chi connectivity index (χ0n) is 12.0. The molecule has 1 aromatic heterocycles. The number of carboxylic acids is 1. The molecule has 5 heteroatoms. The fraction of sp³-hybridized carbons (Fsp3) is 0.600. The first kappa shape index (κ1) is 15.0. The third kappa shape index (κ3) is 3.39. The molecule has 110 valence electrons. The van der Waals surface area contributed by atoms with Crippen molar-refractivity contribution in [3.63, 3.8) is 0 Å². The van der Waals surface area contributed by atoms with Gasteiger partial charge in [-0.25, -0.2) is 0 Å². The minimum absolute atomic E-state index is 0.143. The fourth-order valence-electron chi connectivity index (χ4n) is 2.24. The molecule has 0 saturated heterocycles. The van der Waals surface area contributed by atoms with Crippen LogP contribution in [0.1, 0.15) is 53.2 Å². The third-order valence-corrected chi connectivity index (χ3v) is 4.98. The molecule has 1 aliphatic carbocycles. The summed E-state index contributed by atoms with van der Waals surface area (Å²) in [6.07, 6.45) is 5.76. The lowest BCUT2D eigenvalue weighted by Crippen LogP contribution is -2.38. The molecule has 2 N–H and O–H groups in total. The summed E-state index contributed by atoms with van der Waals surface area (Å²) in [6, 6.07) is 1.98. The highest BCUT2D eigenvalue weighted by Gasteiger charge is 2.28. The van der Waals surface area contributed by atoms with E-state index in [-0.39, 0.29) is 12.5 Å². The van der Waals surface area contributed by atoms with E-state index in [0.29, 0.717) is 4.88 Å². The summed E-state index contributed by atoms with van der Waals surface area (Å²) in [5.74, 6) is -1.06. The maximum absolute atomic E-state index is 12.1. The number of amides is 1. The average molecular weight is 295 g/mol. The number of fused-ring (bicyclic) bond motifs is 1. The van der Waals surface area contributed by atoms with Gasteiger partial charge in [0.05, 0.1) is 10.3 Å². The van der Waals surface area contributed by atoms with Crippen molar-refractivity contribution in [1.29, 1.82) is 0 Å². The van der Waals surface area contributed by atoms with Crippen LogP contribution in [0.4, 0.5) is 0 Å². The van der Waals surface area contributed by atoms with Crippen molar-refractivity contribution in [2.24, 2.45) is 5.41 Å². The van der Waals surface area contributed by atoms with Crippen molar-refractivity contribution < 1.29 is 14.7 Å². The molecule has 20 heavy (non-hydrogen) atoms. The highest BCUT2D eigenvalue weighted by Crippen LogP contribution is 2.29. The number of carbonyl (C=O) groups excluding carboxylic acids is 1. The van der Waals surface area contributed by atoms with Crippen LogP contribution < -0.4 is 5.32 Å². The van der Waals surface area contributed by atoms with Gasteiger partial charge in [0.15, 0.2) is 0 Å². The average Bonchev–Trinajstić information content (AvgIpc) is 2.67. The van der Waals surface area contributed by atoms with Crippen molar-refractivity contribution in [3.8, 4) is 0 Å². The molecule has 1 amide bonds. The molecule has 0 spiro atoms. The van der Waals surface area contributed by atoms with Crippen LogP contribution in [0.25, 0.3) is 0 Å². The van der Waals surface area contributed by atoms with Crippen LogP contribution in [0.2, 0.25) is 0 Å². The number of aliphatic carboxylic acids is 1. The summed E-state index contributed by atoms with van der Waals surface area (Å²) in [4.78, 5) is 25.2. The maximum Gasteiger partial charge on any atom is 0.310 e. The zero-order chi connectivity index (χ0) is 14.8. The number of nitrogens with one attached hydrogen (secondary N) is 1. The Balaban J connectivity index is 2.01. The first-order chi connectivity index (χ1) is 9.40. The predicted octanol–water partition coefficient (Wildman–Crippen LogP) is 2.86. The van der Waals surface area contributed by atoms with Gasteiger partial charge in [0, 0.05) is 11.4 Å². The second kappa shape index (κ2) is 5.95. The van der Waals surface area contributed by atoms with Gasteiger partial charge < -0.3 is 10.4 Å². The molecule has 0 atom stereocenters. The normalized spacial score (nSPS) is 15.3. The molecule has 0 aromatic carbocycles. The highest BCUT2D eigenvalue weighted by molar-refractivity contribution is 7.14. The van der Waals surface area contributed by atoms with Crippen LogP contribution in [0.15, 0.2) is 6.07 Å². The van der Waals surface area contributed by atoms with Gasteiger partial charge in [0.2, 0.25) is 0 Å². The van der Waals surface area contributed by atoms with E-state index in [2.05, 4.69) is 5.32 Å². The van der Waals surface area contributed by atoms with E-state index in [9.17, 15) is 9.59 Å². The van der Waals surface area contributed by atoms with Gasteiger partial charge in [-0.15, -0.1) is 11.3 Å². The molecule has 0 radical (unpaired) electrons. The number of hydrogen-bond acceptors (Lipinski definition) is 3. The van der Waals surface area contributed by atoms with Gasteiger partial charge in [0.1, 0.15) is 0 Å². The van der Waals surface area contributed by atoms with E-state index in [4.69, 9.17) is 5.11 Å². The van der Waals surface area contributed by atoms with Gasteiger partial charge in [-0.2, -0.15) is 0 Å². The van der Waals surface area contributed by atoms with Crippen molar-refractivity contribution >= 4 is 23.2 Å². The van der Waals surface area contributed by atoms with E-state index >= 15 is 0 Å². The Labute approximate surface area is 123 Å². The van der Waals surface area contributed by atoms with E-state index in [1.54, 1.807) is 25.2 Å². The molecule has 0 fully saturated rings. The van der Waals surface area contributed by atoms with Gasteiger partial charge in [-0.1, -0.05) is 6.42 Å². The Morgan fingerprint density at radius 3 is 2.70 bits per heavy atom. The maximum atomic E-state index is 12.1. The van der Waals surface area contributed by atoms with Gasteiger partial charge in [-0.05, 0) is 51.2 Å². The Bertz CT molecular complexity index is 496. The lowest BCUT2D eigenvalue weighted by Gasteiger charge is -2.19. The quantitative estimate of drug-likeness (QED) is 0.839. The molecule has 0 bridgehead atoms. The van der Waals surface area contributed by atoms with Crippen LogP contribution in [0, 0.1) is 5.41 Å². The van der Waals surface area contributed by atoms with Crippen molar-refractivity contribution in [2.75, 3.05) is 6.54 Å². The second-order valence-corrected chi connectivity index (χ2v) is 7.13. The summed E-state index contributed by atoms with van der Waals surface area (Å²) in [5, 5.41) is 11.8. The summed E-state index contributed by atoms with van der Waals surface area (Å²) in [5.41, 5.74) is 0.361. The van der Waals surface area contributed by atoms with Crippen molar-refractivity contribution in [3.05, 3.63) is 21.4 Å². The molecule has 1 aliphatic rings. The minimum Gasteiger partial charge on any atom is -0.481 e. The zero-order valence-corrected chi connectivity index (χ0v) is 12.8. The highest BCUT2D eigenvalue weighted by atomic mass is 32.1. The van der Waals surface area contributed by atoms with Crippen LogP contribution in [0.3, 0.4) is 0 Å². The number of rotatable bonds is 4. The lowest BCUT2D eigenvalue weighted by molar-refractivity contribution is -0.146. The van der Waals surface area contributed by atoms with E-state index in [1.807, 2.05) is 6.07 Å². The van der Waals surface area contributed by atoms with Gasteiger partial charge in [0.25, 0.3) is 5.91 Å². The Morgan fingerprint density at radius 2 is 2.00 bits per heavy atom. The Hall–Kier alpha value is -1.36. The largest absolute Gasteiger partial charge is 0.481 e. The van der Waals surface area contributed by atoms with Crippen molar-refractivity contribution in [2.45, 2.75) is 46.0 Å². The number of carboxylic acid groups (broad SMARTS) is 1.